The van der Waals surface area contributed by atoms with Gasteiger partial charge in [-0.15, -0.1) is 0 Å². The third-order valence-corrected chi connectivity index (χ3v) is 6.22. The summed E-state index contributed by atoms with van der Waals surface area (Å²) in [7, 11) is 0. The molecule has 0 unspecified atom stereocenters. The van der Waals surface area contributed by atoms with Crippen molar-refractivity contribution in [3.63, 3.8) is 0 Å². The van der Waals surface area contributed by atoms with E-state index in [9.17, 15) is 23.2 Å². The van der Waals surface area contributed by atoms with Crippen LogP contribution in [0.1, 0.15) is 73.7 Å². The fraction of sp³-hybridized carbons (Fsp3) is 0.423. The Bertz CT molecular complexity index is 1320. The summed E-state index contributed by atoms with van der Waals surface area (Å²) >= 11 is 0. The lowest BCUT2D eigenvalue weighted by Crippen LogP contribution is -2.28. The number of amides is 1. The van der Waals surface area contributed by atoms with E-state index in [0.717, 1.165) is 0 Å². The van der Waals surface area contributed by atoms with Gasteiger partial charge in [0.05, 0.1) is 29.3 Å². The summed E-state index contributed by atoms with van der Waals surface area (Å²) in [4.78, 5) is 40.6. The van der Waals surface area contributed by atoms with Crippen molar-refractivity contribution in [1.82, 2.24) is 14.8 Å². The van der Waals surface area contributed by atoms with E-state index in [1.54, 1.807) is 43.8 Å². The number of anilines is 1. The number of pyridine rings is 1. The molecule has 0 aliphatic heterocycles. The Balaban J connectivity index is 1.47. The lowest BCUT2D eigenvalue weighted by molar-refractivity contribution is -0.146. The van der Waals surface area contributed by atoms with E-state index >= 15 is 0 Å². The van der Waals surface area contributed by atoms with Crippen molar-refractivity contribution in [3.8, 4) is 0 Å². The van der Waals surface area contributed by atoms with E-state index in [0.29, 0.717) is 42.3 Å². The molecular weight excluding hydrogens is 486 g/mol. The van der Waals surface area contributed by atoms with Gasteiger partial charge in [-0.25, -0.2) is 18.6 Å². The molecule has 9 nitrogen and oxygen atoms in total. The number of benzene rings is 1. The van der Waals surface area contributed by atoms with E-state index in [2.05, 4.69) is 15.4 Å². The molecule has 11 heteroatoms. The molecule has 1 amide bonds. The van der Waals surface area contributed by atoms with Gasteiger partial charge < -0.3 is 14.8 Å². The number of esters is 1. The van der Waals surface area contributed by atoms with Gasteiger partial charge in [-0.1, -0.05) is 6.07 Å². The molecule has 4 rings (SSSR count). The molecule has 0 bridgehead atoms. The Labute approximate surface area is 212 Å². The summed E-state index contributed by atoms with van der Waals surface area (Å²) in [6, 6.07) is 7.63. The number of aromatic nitrogens is 3. The predicted octanol–water partition coefficient (Wildman–Crippen LogP) is 5.75. The minimum atomic E-state index is -2.82. The van der Waals surface area contributed by atoms with Crippen molar-refractivity contribution in [2.45, 2.75) is 65.0 Å². The molecule has 1 fully saturated rings. The minimum absolute atomic E-state index is 0.00454. The van der Waals surface area contributed by atoms with Gasteiger partial charge in [-0.05, 0) is 70.7 Å². The highest BCUT2D eigenvalue weighted by Crippen LogP contribution is 2.36. The number of alkyl halides is 2. The van der Waals surface area contributed by atoms with Crippen molar-refractivity contribution >= 4 is 34.6 Å². The van der Waals surface area contributed by atoms with E-state index in [1.165, 1.54) is 18.2 Å². The highest BCUT2D eigenvalue weighted by molar-refractivity contribution is 6.04. The second-order valence-electron chi connectivity index (χ2n) is 9.37. The monoisotopic (exact) mass is 514 g/mol. The van der Waals surface area contributed by atoms with Crippen LogP contribution < -0.4 is 5.32 Å². The summed E-state index contributed by atoms with van der Waals surface area (Å²) in [6.07, 6.45) is -0.300. The predicted molar refractivity (Wildman–Crippen MR) is 130 cm³/mol. The van der Waals surface area contributed by atoms with E-state index in [1.807, 2.05) is 0 Å². The van der Waals surface area contributed by atoms with Crippen LogP contribution in [0.25, 0.3) is 10.9 Å². The molecule has 1 aromatic carbocycles. The van der Waals surface area contributed by atoms with Gasteiger partial charge in [0.15, 0.2) is 0 Å². The summed E-state index contributed by atoms with van der Waals surface area (Å²) < 4.78 is 39.0. The number of hydrogen-bond acceptors (Lipinski definition) is 7. The zero-order valence-electron chi connectivity index (χ0n) is 20.7. The van der Waals surface area contributed by atoms with Gasteiger partial charge in [0, 0.05) is 22.8 Å². The Kier molecular flexibility index (Phi) is 7.80. The highest BCUT2D eigenvalue weighted by atomic mass is 19.3. The largest absolute Gasteiger partial charge is 0.516 e. The van der Waals surface area contributed by atoms with Crippen LogP contribution in [0.4, 0.5) is 19.3 Å². The van der Waals surface area contributed by atoms with Gasteiger partial charge in [-0.2, -0.15) is 5.10 Å². The van der Waals surface area contributed by atoms with E-state index in [-0.39, 0.29) is 29.1 Å². The van der Waals surface area contributed by atoms with Crippen molar-refractivity contribution in [2.75, 3.05) is 5.32 Å². The van der Waals surface area contributed by atoms with Crippen LogP contribution in [0.15, 0.2) is 36.5 Å². The molecule has 3 aromatic rings. The van der Waals surface area contributed by atoms with E-state index < -0.39 is 30.4 Å². The molecule has 0 radical (unpaired) electrons. The van der Waals surface area contributed by atoms with Crippen LogP contribution in [0.2, 0.25) is 0 Å². The average molecular weight is 515 g/mol. The molecule has 2 aromatic heterocycles. The first-order valence-corrected chi connectivity index (χ1v) is 12.1. The topological polar surface area (TPSA) is 112 Å². The van der Waals surface area contributed by atoms with Gasteiger partial charge >= 0.3 is 12.1 Å². The third-order valence-electron chi connectivity index (χ3n) is 6.22. The molecule has 0 atom stereocenters. The Morgan fingerprint density at radius 3 is 2.49 bits per heavy atom. The fourth-order valence-corrected chi connectivity index (χ4v) is 4.40. The normalized spacial score (nSPS) is 17.7. The quantitative estimate of drug-likeness (QED) is 0.329. The van der Waals surface area contributed by atoms with Crippen LogP contribution in [0.3, 0.4) is 0 Å². The average Bonchev–Trinajstić information content (AvgIpc) is 3.26. The van der Waals surface area contributed by atoms with Crippen LogP contribution in [0.5, 0.6) is 0 Å². The second-order valence-corrected chi connectivity index (χ2v) is 9.37. The molecule has 1 aliphatic rings. The molecule has 1 N–H and O–H groups in total. The maximum atomic E-state index is 13.8. The zero-order chi connectivity index (χ0) is 26.7. The van der Waals surface area contributed by atoms with Crippen LogP contribution in [-0.4, -0.2) is 38.9 Å². The Hall–Kier alpha value is -3.89. The van der Waals surface area contributed by atoms with E-state index in [4.69, 9.17) is 9.47 Å². The summed E-state index contributed by atoms with van der Waals surface area (Å²) in [5, 5.41) is 7.64. The van der Waals surface area contributed by atoms with Gasteiger partial charge in [-0.3, -0.25) is 14.3 Å². The van der Waals surface area contributed by atoms with Crippen molar-refractivity contribution in [1.29, 1.82) is 0 Å². The number of ether oxygens (including phenoxy) is 2. The lowest BCUT2D eigenvalue weighted by Gasteiger charge is -2.27. The fourth-order valence-electron chi connectivity index (χ4n) is 4.40. The molecule has 0 saturated heterocycles. The summed E-state index contributed by atoms with van der Waals surface area (Å²) in [5.41, 5.74) is 0.800. The summed E-state index contributed by atoms with van der Waals surface area (Å²) in [5.74, 6) is -1.62. The van der Waals surface area contributed by atoms with Crippen molar-refractivity contribution in [2.24, 2.45) is 5.92 Å². The number of carbonyl (C=O) groups excluding carboxylic acids is 3. The standard InChI is InChI=1S/C26H28F2N4O5/c1-14(2)36-26(35)37-25(34)16-7-9-18(10-8-16)32-13-17-11-22(19(23(27)28)12-21(17)31-32)30-24(33)20-6-4-5-15(3)29-20/h4-6,11-14,16,18,23H,7-10H2,1-3H3,(H,30,33). The zero-order valence-corrected chi connectivity index (χ0v) is 20.7. The number of rotatable bonds is 6. The number of nitrogens with zero attached hydrogens (tertiary/aromatic N) is 3. The van der Waals surface area contributed by atoms with Crippen LogP contribution >= 0.6 is 0 Å². The smallest absolute Gasteiger partial charge is 0.431 e. The van der Waals surface area contributed by atoms with Gasteiger partial charge in [0.25, 0.3) is 12.3 Å². The number of nitrogens with one attached hydrogen (secondary N) is 1. The Morgan fingerprint density at radius 2 is 1.84 bits per heavy atom. The Morgan fingerprint density at radius 1 is 1.11 bits per heavy atom. The first kappa shape index (κ1) is 26.2. The number of carbonyl (C=O) groups is 3. The van der Waals surface area contributed by atoms with Crippen molar-refractivity contribution < 1.29 is 32.6 Å². The molecule has 1 saturated carbocycles. The summed E-state index contributed by atoms with van der Waals surface area (Å²) in [6.45, 7) is 5.06. The minimum Gasteiger partial charge on any atom is -0.431 e. The number of fused-ring (bicyclic) bond motifs is 1. The van der Waals surface area contributed by atoms with Gasteiger partial charge in [0.1, 0.15) is 5.69 Å². The maximum absolute atomic E-state index is 13.8. The SMILES string of the molecule is Cc1cccc(C(=O)Nc2cc3cn(C4CCC(C(=O)OC(=O)OC(C)C)CC4)nc3cc2C(F)F)n1. The van der Waals surface area contributed by atoms with Crippen molar-refractivity contribution in [3.05, 3.63) is 53.5 Å². The molecule has 2 heterocycles. The first-order chi connectivity index (χ1) is 17.6. The number of halogens is 2. The molecule has 196 valence electrons. The lowest BCUT2D eigenvalue weighted by atomic mass is 9.86. The maximum Gasteiger partial charge on any atom is 0.516 e. The molecule has 1 aliphatic carbocycles. The number of aryl methyl sites for hydroxylation is 1. The third kappa shape index (κ3) is 6.28. The van der Waals surface area contributed by atoms with Crippen LogP contribution in [0, 0.1) is 12.8 Å². The molecular formula is C26H28F2N4O5. The molecule has 0 spiro atoms. The van der Waals surface area contributed by atoms with Gasteiger partial charge in [0.2, 0.25) is 0 Å². The number of hydrogen-bond donors (Lipinski definition) is 1. The highest BCUT2D eigenvalue weighted by Gasteiger charge is 2.31. The first-order valence-electron chi connectivity index (χ1n) is 12.1. The second kappa shape index (κ2) is 11.0. The van der Waals surface area contributed by atoms with Crippen LogP contribution in [-0.2, 0) is 14.3 Å². The molecule has 37 heavy (non-hydrogen) atoms.